The van der Waals surface area contributed by atoms with E-state index >= 15 is 0 Å². The van der Waals surface area contributed by atoms with E-state index < -0.39 is 52.0 Å². The van der Waals surface area contributed by atoms with Crippen LogP contribution in [0.1, 0.15) is 12.8 Å². The normalized spacial score (nSPS) is 11.5. The first-order chi connectivity index (χ1) is 9.48. The fourth-order valence-corrected chi connectivity index (χ4v) is 1.96. The summed E-state index contributed by atoms with van der Waals surface area (Å²) >= 11 is 0. The molecule has 0 spiro atoms. The molecular weight excluding hydrogens is 414 g/mol. The van der Waals surface area contributed by atoms with Gasteiger partial charge in [0.1, 0.15) is 0 Å². The molecule has 0 aliphatic heterocycles. The van der Waals surface area contributed by atoms with Crippen LogP contribution in [-0.2, 0) is 44.9 Å². The van der Waals surface area contributed by atoms with E-state index in [1.807, 2.05) is 0 Å². The van der Waals surface area contributed by atoms with Gasteiger partial charge in [-0.25, -0.2) is 13.9 Å². The number of carboxylic acid groups (broad SMARTS) is 3. The minimum Gasteiger partial charge on any atom is -0.481 e. The first kappa shape index (κ1) is 27.0. The molecule has 0 aromatic carbocycles. The van der Waals surface area contributed by atoms with E-state index in [1.54, 1.807) is 0 Å². The number of carboxylic acids is 3. The Morgan fingerprint density at radius 3 is 1.17 bits per heavy atom. The second-order valence-electron chi connectivity index (χ2n) is 3.54. The molecule has 0 atom stereocenters. The molecule has 0 saturated heterocycles. The van der Waals surface area contributed by atoms with Gasteiger partial charge >= 0.3 is 33.6 Å². The molecule has 0 fully saturated rings. The van der Waals surface area contributed by atoms with Gasteiger partial charge in [0.15, 0.2) is 5.60 Å². The minimum atomic E-state index is -5.05. The summed E-state index contributed by atoms with van der Waals surface area (Å²) in [5.41, 5.74) is -2.74. The van der Waals surface area contributed by atoms with Crippen molar-refractivity contribution in [2.75, 3.05) is 0 Å². The molecule has 0 saturated carbocycles. The van der Waals surface area contributed by atoms with E-state index in [-0.39, 0.29) is 17.1 Å². The van der Waals surface area contributed by atoms with Crippen molar-refractivity contribution in [1.29, 1.82) is 0 Å². The molecule has 0 heterocycles. The summed E-state index contributed by atoms with van der Waals surface area (Å²) in [6, 6.07) is 0. The van der Waals surface area contributed by atoms with E-state index in [0.29, 0.717) is 0 Å². The van der Waals surface area contributed by atoms with Gasteiger partial charge in [0.05, 0.1) is 12.8 Å². The third-order valence-corrected chi connectivity index (χ3v) is 3.20. The largest absolute Gasteiger partial charge is 0.481 e. The van der Waals surface area contributed by atoms with E-state index in [4.69, 9.17) is 40.0 Å². The summed E-state index contributed by atoms with van der Waals surface area (Å²) in [6.07, 6.45) is -2.29. The molecule has 0 rings (SSSR count). The third kappa shape index (κ3) is 17.3. The summed E-state index contributed by atoms with van der Waals surface area (Å²) < 4.78 is 22.2. The van der Waals surface area contributed by atoms with Crippen molar-refractivity contribution in [3.63, 3.8) is 0 Å². The van der Waals surface area contributed by atoms with Gasteiger partial charge in [-0.1, -0.05) is 0 Å². The summed E-state index contributed by atoms with van der Waals surface area (Å²) in [6.45, 7) is 0. The number of hydrogen-bond acceptors (Lipinski definition) is 7. The molecule has 23 heavy (non-hydrogen) atoms. The average molecular weight is 426 g/mol. The Bertz CT molecular complexity index is 481. The van der Waals surface area contributed by atoms with Gasteiger partial charge in [0.2, 0.25) is 0 Å². The van der Waals surface area contributed by atoms with Crippen LogP contribution in [0, 0.1) is 0 Å². The molecule has 14 nitrogen and oxygen atoms in total. The van der Waals surface area contributed by atoms with Gasteiger partial charge in [-0.05, 0) is 0 Å². The smallest absolute Gasteiger partial charge is 0.478 e. The maximum atomic E-state index is 10.3. The third-order valence-electron chi connectivity index (χ3n) is 1.50. The Hall–Kier alpha value is -0.851. The minimum absolute atomic E-state index is 0. The maximum Gasteiger partial charge on any atom is 0.478 e. The summed E-state index contributed by atoms with van der Waals surface area (Å²) in [5, 5.41) is 33.8. The number of hydrogen-bond donors (Lipinski definition) is 8. The molecular formula is C6H12FeO14P2. The number of rotatable bonds is 7. The van der Waals surface area contributed by atoms with Crippen LogP contribution in [0.15, 0.2) is 0 Å². The second kappa shape index (κ2) is 10.1. The molecule has 0 unspecified atom stereocenters. The zero-order valence-corrected chi connectivity index (χ0v) is 13.6. The molecule has 0 aliphatic carbocycles. The van der Waals surface area contributed by atoms with Crippen molar-refractivity contribution >= 4 is 33.6 Å². The van der Waals surface area contributed by atoms with Crippen LogP contribution >= 0.6 is 15.6 Å². The first-order valence-corrected chi connectivity index (χ1v) is 7.76. The Morgan fingerprint density at radius 2 is 1.09 bits per heavy atom. The Morgan fingerprint density at radius 1 is 0.826 bits per heavy atom. The van der Waals surface area contributed by atoms with Crippen molar-refractivity contribution in [2.24, 2.45) is 0 Å². The molecule has 17 heteroatoms. The number of phosphoric acid groups is 2. The van der Waals surface area contributed by atoms with Gasteiger partial charge < -0.3 is 40.0 Å². The first-order valence-electron chi connectivity index (χ1n) is 4.70. The molecule has 0 aromatic heterocycles. The van der Waals surface area contributed by atoms with Crippen molar-refractivity contribution in [1.82, 2.24) is 0 Å². The van der Waals surface area contributed by atoms with Gasteiger partial charge in [-0.2, -0.15) is 4.31 Å². The van der Waals surface area contributed by atoms with Crippen molar-refractivity contribution in [3.8, 4) is 0 Å². The quantitative estimate of drug-likeness (QED) is 0.161. The van der Waals surface area contributed by atoms with E-state index in [1.165, 1.54) is 0 Å². The Kier molecular flexibility index (Phi) is 11.9. The zero-order chi connectivity index (χ0) is 18.4. The van der Waals surface area contributed by atoms with Gasteiger partial charge in [0, 0.05) is 17.1 Å². The second-order valence-corrected chi connectivity index (χ2v) is 6.16. The topological polar surface area (TPSA) is 256 Å². The molecule has 138 valence electrons. The molecule has 0 radical (unpaired) electrons. The predicted octanol–water partition coefficient (Wildman–Crippen LogP) is -2.06. The number of carbonyl (C=O) groups is 3. The number of aliphatic carboxylic acids is 3. The van der Waals surface area contributed by atoms with Crippen LogP contribution in [0.3, 0.4) is 0 Å². The average Bonchev–Trinajstić information content (AvgIpc) is 2.08. The fourth-order valence-electron chi connectivity index (χ4n) is 0.853. The molecule has 8 N–H and O–H groups in total. The van der Waals surface area contributed by atoms with Crippen LogP contribution in [0.4, 0.5) is 0 Å². The van der Waals surface area contributed by atoms with E-state index in [9.17, 15) is 23.5 Å². The van der Waals surface area contributed by atoms with Crippen molar-refractivity contribution in [2.45, 2.75) is 18.4 Å². The number of aliphatic hydroxyl groups is 1. The van der Waals surface area contributed by atoms with Crippen LogP contribution in [-0.4, -0.2) is 63.5 Å². The summed E-state index contributed by atoms with van der Waals surface area (Å²) in [5.74, 6) is -5.02. The molecule has 0 bridgehead atoms. The maximum absolute atomic E-state index is 10.3. The standard InChI is InChI=1S/C6H8O7.Fe.H4O7P2/c7-3(8)1-6(13,5(11)12)2-4(9)10;;1-8(2,3)7-9(4,5)6/h13H,1-2H2,(H,7,8)(H,9,10)(H,11,12);;(H2,1,2,3)(H2,4,5,6). The fraction of sp³-hybridized carbons (Fsp3) is 0.500. The van der Waals surface area contributed by atoms with Gasteiger partial charge in [-0.15, -0.1) is 0 Å². The Labute approximate surface area is 137 Å². The van der Waals surface area contributed by atoms with Crippen LogP contribution < -0.4 is 0 Å². The molecule has 0 aliphatic rings. The van der Waals surface area contributed by atoms with Gasteiger partial charge in [0.25, 0.3) is 0 Å². The summed E-state index contributed by atoms with van der Waals surface area (Å²) in [7, 11) is -10.1. The zero-order valence-electron chi connectivity index (χ0n) is 10.7. The van der Waals surface area contributed by atoms with Crippen molar-refractivity contribution in [3.05, 3.63) is 0 Å². The van der Waals surface area contributed by atoms with Crippen molar-refractivity contribution < 1.29 is 84.9 Å². The van der Waals surface area contributed by atoms with Crippen LogP contribution in [0.25, 0.3) is 0 Å². The van der Waals surface area contributed by atoms with E-state index in [2.05, 4.69) is 4.31 Å². The van der Waals surface area contributed by atoms with Crippen LogP contribution in [0.2, 0.25) is 0 Å². The van der Waals surface area contributed by atoms with Crippen LogP contribution in [0.5, 0.6) is 0 Å². The van der Waals surface area contributed by atoms with Gasteiger partial charge in [-0.3, -0.25) is 9.59 Å². The van der Waals surface area contributed by atoms with E-state index in [0.717, 1.165) is 0 Å². The SMILES string of the molecule is O=C(O)CC(O)(CC(=O)O)C(=O)O.O=P(O)(O)OP(=O)(O)O.[Fe]. The Balaban J connectivity index is -0.000000354. The molecule has 0 aromatic rings. The predicted molar refractivity (Wildman–Crippen MR) is 62.3 cm³/mol. The molecule has 0 amide bonds. The summed E-state index contributed by atoms with van der Waals surface area (Å²) in [4.78, 5) is 61.5. The monoisotopic (exact) mass is 426 g/mol.